The lowest BCUT2D eigenvalue weighted by atomic mass is 10.1. The summed E-state index contributed by atoms with van der Waals surface area (Å²) in [7, 11) is 0. The van der Waals surface area contributed by atoms with E-state index in [9.17, 15) is 13.6 Å². The van der Waals surface area contributed by atoms with Gasteiger partial charge in [-0.2, -0.15) is 0 Å². The first-order valence-corrected chi connectivity index (χ1v) is 3.77. The number of hydrogen-bond donors (Lipinski definition) is 0. The highest BCUT2D eigenvalue weighted by molar-refractivity contribution is 9.10. The van der Waals surface area contributed by atoms with Crippen LogP contribution in [-0.2, 0) is 4.79 Å². The Morgan fingerprint density at radius 1 is 1.70 bits per heavy atom. The van der Waals surface area contributed by atoms with Crippen LogP contribution in [0.1, 0.15) is 20.3 Å². The van der Waals surface area contributed by atoms with Gasteiger partial charge in [-0.3, -0.25) is 4.79 Å². The van der Waals surface area contributed by atoms with Crippen molar-refractivity contribution in [2.45, 2.75) is 31.0 Å². The Kier molecular flexibility index (Phi) is 3.42. The summed E-state index contributed by atoms with van der Waals surface area (Å²) < 4.78 is 24.3. The molecule has 0 aliphatic rings. The summed E-state index contributed by atoms with van der Waals surface area (Å²) in [5.41, 5.74) is 0. The van der Waals surface area contributed by atoms with Gasteiger partial charge in [-0.15, -0.1) is 0 Å². The third-order valence-corrected chi connectivity index (χ3v) is 1.95. The highest BCUT2D eigenvalue weighted by Crippen LogP contribution is 2.23. The van der Waals surface area contributed by atoms with Gasteiger partial charge in [0.25, 0.3) is 0 Å². The first-order valence-electron chi connectivity index (χ1n) is 2.85. The minimum atomic E-state index is -2.76. The normalized spacial score (nSPS) is 14.9. The van der Waals surface area contributed by atoms with Gasteiger partial charge >= 0.3 is 0 Å². The maximum Gasteiger partial charge on any atom is 0.246 e. The molecule has 0 N–H and O–H groups in total. The van der Waals surface area contributed by atoms with Gasteiger partial charge in [0.1, 0.15) is 5.78 Å². The van der Waals surface area contributed by atoms with Crippen molar-refractivity contribution in [1.29, 1.82) is 0 Å². The Labute approximate surface area is 66.9 Å². The van der Waals surface area contributed by atoms with Crippen molar-refractivity contribution >= 4 is 21.7 Å². The van der Waals surface area contributed by atoms with E-state index in [4.69, 9.17) is 0 Å². The third-order valence-electron chi connectivity index (χ3n) is 0.979. The molecule has 0 aliphatic carbocycles. The average Bonchev–Trinajstić information content (AvgIpc) is 1.60. The minimum Gasteiger partial charge on any atom is -0.299 e. The van der Waals surface area contributed by atoms with Gasteiger partial charge in [0.15, 0.2) is 0 Å². The van der Waals surface area contributed by atoms with E-state index in [1.54, 1.807) is 0 Å². The summed E-state index contributed by atoms with van der Waals surface area (Å²) in [6.07, 6.45) is -0.428. The van der Waals surface area contributed by atoms with Crippen LogP contribution < -0.4 is 0 Å². The van der Waals surface area contributed by atoms with Gasteiger partial charge in [-0.05, 0) is 13.8 Å². The Morgan fingerprint density at radius 2 is 2.10 bits per heavy atom. The van der Waals surface area contributed by atoms with Crippen LogP contribution in [0.4, 0.5) is 8.78 Å². The monoisotopic (exact) mass is 214 g/mol. The van der Waals surface area contributed by atoms with E-state index in [1.165, 1.54) is 6.92 Å². The zero-order valence-electron chi connectivity index (χ0n) is 5.83. The summed E-state index contributed by atoms with van der Waals surface area (Å²) in [5.74, 6) is -3.03. The molecule has 0 spiro atoms. The lowest BCUT2D eigenvalue weighted by Gasteiger charge is -2.11. The molecule has 0 aromatic carbocycles. The topological polar surface area (TPSA) is 17.1 Å². The Bertz CT molecular complexity index is 130. The molecular weight excluding hydrogens is 206 g/mol. The molecule has 60 valence electrons. The van der Waals surface area contributed by atoms with Crippen molar-refractivity contribution in [2.24, 2.45) is 0 Å². The molecule has 0 bridgehead atoms. The van der Waals surface area contributed by atoms with E-state index < -0.39 is 17.2 Å². The molecule has 0 amide bonds. The second kappa shape index (κ2) is 3.42. The van der Waals surface area contributed by atoms with E-state index in [2.05, 4.69) is 15.9 Å². The molecule has 0 rings (SSSR count). The second-order valence-electron chi connectivity index (χ2n) is 2.35. The lowest BCUT2D eigenvalue weighted by Crippen LogP contribution is -2.21. The largest absolute Gasteiger partial charge is 0.299 e. The second-order valence-corrected chi connectivity index (χ2v) is 3.46. The SMILES string of the molecule is CC(=O)C(Br)CC(C)(F)F. The smallest absolute Gasteiger partial charge is 0.246 e. The zero-order chi connectivity index (χ0) is 8.36. The number of ketones is 1. The summed E-state index contributed by atoms with van der Waals surface area (Å²) in [5, 5.41) is 0. The number of rotatable bonds is 3. The number of halogens is 3. The fourth-order valence-electron chi connectivity index (χ4n) is 0.458. The molecule has 1 atom stereocenters. The van der Waals surface area contributed by atoms with Crippen LogP contribution >= 0.6 is 15.9 Å². The maximum absolute atomic E-state index is 12.2. The predicted molar refractivity (Wildman–Crippen MR) is 38.6 cm³/mol. The van der Waals surface area contributed by atoms with Crippen molar-refractivity contribution in [2.75, 3.05) is 0 Å². The predicted octanol–water partition coefficient (Wildman–Crippen LogP) is 2.38. The van der Waals surface area contributed by atoms with Crippen molar-refractivity contribution in [3.05, 3.63) is 0 Å². The van der Waals surface area contributed by atoms with Gasteiger partial charge in [-0.1, -0.05) is 15.9 Å². The molecule has 0 saturated carbocycles. The maximum atomic E-state index is 12.2. The molecule has 0 saturated heterocycles. The molecule has 4 heteroatoms. The standard InChI is InChI=1S/C6H9BrF2O/c1-4(10)5(7)3-6(2,8)9/h5H,3H2,1-2H3. The Morgan fingerprint density at radius 3 is 2.20 bits per heavy atom. The number of hydrogen-bond acceptors (Lipinski definition) is 1. The quantitative estimate of drug-likeness (QED) is 0.660. The van der Waals surface area contributed by atoms with Crippen molar-refractivity contribution < 1.29 is 13.6 Å². The zero-order valence-corrected chi connectivity index (χ0v) is 7.41. The first-order chi connectivity index (χ1) is 4.33. The van der Waals surface area contributed by atoms with Gasteiger partial charge in [0.05, 0.1) is 4.83 Å². The van der Waals surface area contributed by atoms with Crippen LogP contribution in [-0.4, -0.2) is 16.5 Å². The number of Topliss-reactive ketones (excluding diaryl/α,β-unsaturated/α-hetero) is 1. The highest BCUT2D eigenvalue weighted by Gasteiger charge is 2.27. The summed E-state index contributed by atoms with van der Waals surface area (Å²) >= 11 is 2.85. The molecule has 0 fully saturated rings. The summed E-state index contributed by atoms with van der Waals surface area (Å²) in [6.45, 7) is 2.08. The van der Waals surface area contributed by atoms with Crippen LogP contribution in [0.5, 0.6) is 0 Å². The fraction of sp³-hybridized carbons (Fsp3) is 0.833. The molecule has 0 aromatic heterocycles. The molecule has 1 nitrogen and oxygen atoms in total. The van der Waals surface area contributed by atoms with Crippen LogP contribution in [0, 0.1) is 0 Å². The van der Waals surface area contributed by atoms with Crippen LogP contribution in [0.15, 0.2) is 0 Å². The van der Waals surface area contributed by atoms with Crippen LogP contribution in [0.3, 0.4) is 0 Å². The minimum absolute atomic E-state index is 0.262. The highest BCUT2D eigenvalue weighted by atomic mass is 79.9. The lowest BCUT2D eigenvalue weighted by molar-refractivity contribution is -0.118. The first kappa shape index (κ1) is 10.0. The van der Waals surface area contributed by atoms with Crippen molar-refractivity contribution in [1.82, 2.24) is 0 Å². The molecule has 0 radical (unpaired) electrons. The van der Waals surface area contributed by atoms with E-state index in [1.807, 2.05) is 0 Å². The average molecular weight is 215 g/mol. The molecule has 0 aliphatic heterocycles. The van der Waals surface area contributed by atoms with Gasteiger partial charge in [-0.25, -0.2) is 8.78 Å². The van der Waals surface area contributed by atoms with Crippen molar-refractivity contribution in [3.8, 4) is 0 Å². The van der Waals surface area contributed by atoms with E-state index in [-0.39, 0.29) is 5.78 Å². The number of carbonyl (C=O) groups excluding carboxylic acids is 1. The Balaban J connectivity index is 3.80. The third kappa shape index (κ3) is 4.85. The molecule has 0 aromatic rings. The van der Waals surface area contributed by atoms with E-state index in [0.29, 0.717) is 0 Å². The van der Waals surface area contributed by atoms with E-state index in [0.717, 1.165) is 6.92 Å². The number of carbonyl (C=O) groups is 1. The van der Waals surface area contributed by atoms with Crippen LogP contribution in [0.25, 0.3) is 0 Å². The fourth-order valence-corrected chi connectivity index (χ4v) is 1.03. The Hall–Kier alpha value is 0.01000. The van der Waals surface area contributed by atoms with Gasteiger partial charge in [0, 0.05) is 6.42 Å². The molecule has 1 unspecified atom stereocenters. The van der Waals surface area contributed by atoms with Gasteiger partial charge < -0.3 is 0 Å². The van der Waals surface area contributed by atoms with Gasteiger partial charge in [0.2, 0.25) is 5.92 Å². The van der Waals surface area contributed by atoms with Crippen molar-refractivity contribution in [3.63, 3.8) is 0 Å². The molecule has 10 heavy (non-hydrogen) atoms. The van der Waals surface area contributed by atoms with E-state index >= 15 is 0 Å². The molecule has 0 heterocycles. The summed E-state index contributed by atoms with van der Waals surface area (Å²) in [4.78, 5) is 9.73. The van der Waals surface area contributed by atoms with Crippen LogP contribution in [0.2, 0.25) is 0 Å². The summed E-state index contributed by atoms with van der Waals surface area (Å²) in [6, 6.07) is 0. The molecular formula is C6H9BrF2O. The number of alkyl halides is 3.